The molecule has 0 aromatic heterocycles. The number of nitrogens with zero attached hydrogens (tertiary/aromatic N) is 2. The van der Waals surface area contributed by atoms with Gasteiger partial charge in [0.1, 0.15) is 12.1 Å². The molecule has 5 heteroatoms. The Bertz CT molecular complexity index is 552. The van der Waals surface area contributed by atoms with E-state index in [0.717, 1.165) is 31.4 Å². The summed E-state index contributed by atoms with van der Waals surface area (Å²) in [5, 5.41) is 0. The van der Waals surface area contributed by atoms with Gasteiger partial charge >= 0.3 is 5.97 Å². The number of hydrogen-bond donors (Lipinski definition) is 0. The third-order valence-corrected chi connectivity index (χ3v) is 4.81. The molecule has 0 atom stereocenters. The van der Waals surface area contributed by atoms with Crippen LogP contribution in [0.2, 0.25) is 0 Å². The SMILES string of the molecule is COC(=O)CN1CN(c2ccccc2)C2(CCCCC2)C1=O. The van der Waals surface area contributed by atoms with Crippen LogP contribution in [-0.2, 0) is 14.3 Å². The van der Waals surface area contributed by atoms with Gasteiger partial charge in [-0.25, -0.2) is 0 Å². The number of rotatable bonds is 3. The summed E-state index contributed by atoms with van der Waals surface area (Å²) in [5.41, 5.74) is 0.568. The van der Waals surface area contributed by atoms with Gasteiger partial charge in [-0.05, 0) is 25.0 Å². The average Bonchev–Trinajstić information content (AvgIpc) is 2.82. The molecule has 1 saturated carbocycles. The first kappa shape index (κ1) is 14.9. The van der Waals surface area contributed by atoms with Gasteiger partial charge in [0, 0.05) is 5.69 Å². The van der Waals surface area contributed by atoms with Gasteiger partial charge in [0.15, 0.2) is 0 Å². The summed E-state index contributed by atoms with van der Waals surface area (Å²) < 4.78 is 4.73. The van der Waals surface area contributed by atoms with Crippen molar-refractivity contribution in [3.8, 4) is 0 Å². The Morgan fingerprint density at radius 2 is 1.86 bits per heavy atom. The fourth-order valence-electron chi connectivity index (χ4n) is 3.68. The number of esters is 1. The highest BCUT2D eigenvalue weighted by molar-refractivity contribution is 5.95. The molecular formula is C17H22N2O3. The molecule has 0 bridgehead atoms. The molecule has 1 saturated heterocycles. The van der Waals surface area contributed by atoms with Crippen LogP contribution in [-0.4, -0.2) is 42.6 Å². The predicted molar refractivity (Wildman–Crippen MR) is 83.3 cm³/mol. The fourth-order valence-corrected chi connectivity index (χ4v) is 3.68. The second-order valence-corrected chi connectivity index (χ2v) is 6.08. The highest BCUT2D eigenvalue weighted by Gasteiger charge is 2.52. The molecule has 5 nitrogen and oxygen atoms in total. The first-order valence-electron chi connectivity index (χ1n) is 7.86. The minimum absolute atomic E-state index is 0.0282. The van der Waals surface area contributed by atoms with Crippen LogP contribution in [0.25, 0.3) is 0 Å². The molecule has 118 valence electrons. The number of benzene rings is 1. The molecule has 0 unspecified atom stereocenters. The molecule has 1 spiro atoms. The van der Waals surface area contributed by atoms with Crippen LogP contribution >= 0.6 is 0 Å². The van der Waals surface area contributed by atoms with Crippen molar-refractivity contribution in [3.63, 3.8) is 0 Å². The lowest BCUT2D eigenvalue weighted by atomic mass is 9.80. The Hall–Kier alpha value is -2.04. The van der Waals surface area contributed by atoms with Gasteiger partial charge in [-0.15, -0.1) is 0 Å². The van der Waals surface area contributed by atoms with Crippen molar-refractivity contribution in [1.29, 1.82) is 0 Å². The summed E-state index contributed by atoms with van der Waals surface area (Å²) in [7, 11) is 1.36. The lowest BCUT2D eigenvalue weighted by Gasteiger charge is -2.39. The van der Waals surface area contributed by atoms with Crippen LogP contribution < -0.4 is 4.90 Å². The number of anilines is 1. The van der Waals surface area contributed by atoms with E-state index in [4.69, 9.17) is 4.74 Å². The Morgan fingerprint density at radius 3 is 2.50 bits per heavy atom. The minimum Gasteiger partial charge on any atom is -0.468 e. The summed E-state index contributed by atoms with van der Waals surface area (Å²) in [4.78, 5) is 28.4. The maximum atomic E-state index is 13.0. The maximum Gasteiger partial charge on any atom is 0.325 e. The molecule has 1 aliphatic carbocycles. The van der Waals surface area contributed by atoms with E-state index in [2.05, 4.69) is 4.90 Å². The van der Waals surface area contributed by atoms with Crippen molar-refractivity contribution < 1.29 is 14.3 Å². The summed E-state index contributed by atoms with van der Waals surface area (Å²) in [6, 6.07) is 10.0. The highest BCUT2D eigenvalue weighted by Crippen LogP contribution is 2.41. The number of carbonyl (C=O) groups is 2. The number of para-hydroxylation sites is 1. The predicted octanol–water partition coefficient (Wildman–Crippen LogP) is 2.17. The van der Waals surface area contributed by atoms with E-state index < -0.39 is 5.54 Å². The maximum absolute atomic E-state index is 13.0. The van der Waals surface area contributed by atoms with Gasteiger partial charge in [0.2, 0.25) is 5.91 Å². The molecule has 0 N–H and O–H groups in total. The summed E-state index contributed by atoms with van der Waals surface area (Å²) in [5.74, 6) is -0.296. The summed E-state index contributed by atoms with van der Waals surface area (Å²) >= 11 is 0. The van der Waals surface area contributed by atoms with Gasteiger partial charge in [-0.2, -0.15) is 0 Å². The lowest BCUT2D eigenvalue weighted by molar-refractivity contribution is -0.146. The molecule has 1 heterocycles. The van der Waals surface area contributed by atoms with E-state index in [1.807, 2.05) is 30.3 Å². The summed E-state index contributed by atoms with van der Waals surface area (Å²) in [6.45, 7) is 0.484. The standard InChI is InChI=1S/C17H22N2O3/c1-22-15(20)12-18-13-19(14-8-4-2-5-9-14)17(16(18)21)10-6-3-7-11-17/h2,4-5,8-9H,3,6-7,10-13H2,1H3. The van der Waals surface area contributed by atoms with E-state index in [1.165, 1.54) is 13.5 Å². The molecule has 1 aromatic rings. The molecule has 0 radical (unpaired) electrons. The lowest BCUT2D eigenvalue weighted by Crippen LogP contribution is -2.51. The quantitative estimate of drug-likeness (QED) is 0.803. The normalized spacial score (nSPS) is 20.5. The first-order chi connectivity index (χ1) is 10.7. The van der Waals surface area contributed by atoms with Crippen molar-refractivity contribution in [1.82, 2.24) is 4.90 Å². The van der Waals surface area contributed by atoms with Crippen LogP contribution in [0, 0.1) is 0 Å². The van der Waals surface area contributed by atoms with Crippen LogP contribution in [0.1, 0.15) is 32.1 Å². The molecular weight excluding hydrogens is 280 g/mol. The molecule has 2 fully saturated rings. The third kappa shape index (κ3) is 2.45. The molecule has 1 aliphatic heterocycles. The number of hydrogen-bond acceptors (Lipinski definition) is 4. The zero-order valence-corrected chi connectivity index (χ0v) is 13.0. The van der Waals surface area contributed by atoms with E-state index in [0.29, 0.717) is 6.67 Å². The first-order valence-corrected chi connectivity index (χ1v) is 7.86. The summed E-state index contributed by atoms with van der Waals surface area (Å²) in [6.07, 6.45) is 5.01. The highest BCUT2D eigenvalue weighted by atomic mass is 16.5. The van der Waals surface area contributed by atoms with Gasteiger partial charge < -0.3 is 14.5 Å². The zero-order valence-electron chi connectivity index (χ0n) is 13.0. The van der Waals surface area contributed by atoms with Gasteiger partial charge in [0.25, 0.3) is 0 Å². The number of methoxy groups -OCH3 is 1. The van der Waals surface area contributed by atoms with E-state index in [-0.39, 0.29) is 18.4 Å². The van der Waals surface area contributed by atoms with Gasteiger partial charge in [0.05, 0.1) is 13.8 Å². The topological polar surface area (TPSA) is 49.9 Å². The second kappa shape index (κ2) is 5.99. The Morgan fingerprint density at radius 1 is 1.18 bits per heavy atom. The van der Waals surface area contributed by atoms with Crippen molar-refractivity contribution >= 4 is 17.6 Å². The van der Waals surface area contributed by atoms with Crippen LogP contribution in [0.15, 0.2) is 30.3 Å². The van der Waals surface area contributed by atoms with Crippen LogP contribution in [0.5, 0.6) is 0 Å². The van der Waals surface area contributed by atoms with Gasteiger partial charge in [-0.3, -0.25) is 9.59 Å². The smallest absolute Gasteiger partial charge is 0.325 e. The van der Waals surface area contributed by atoms with Crippen molar-refractivity contribution in [2.24, 2.45) is 0 Å². The van der Waals surface area contributed by atoms with Crippen molar-refractivity contribution in [2.45, 2.75) is 37.6 Å². The molecule has 1 amide bonds. The minimum atomic E-state index is -0.479. The average molecular weight is 302 g/mol. The Labute approximate surface area is 130 Å². The van der Waals surface area contributed by atoms with Crippen molar-refractivity contribution in [3.05, 3.63) is 30.3 Å². The fraction of sp³-hybridized carbons (Fsp3) is 0.529. The largest absolute Gasteiger partial charge is 0.468 e. The van der Waals surface area contributed by atoms with Crippen molar-refractivity contribution in [2.75, 3.05) is 25.2 Å². The number of ether oxygens (including phenoxy) is 1. The second-order valence-electron chi connectivity index (χ2n) is 6.08. The number of amides is 1. The van der Waals surface area contributed by atoms with E-state index >= 15 is 0 Å². The molecule has 22 heavy (non-hydrogen) atoms. The third-order valence-electron chi connectivity index (χ3n) is 4.81. The number of carbonyl (C=O) groups excluding carboxylic acids is 2. The molecule has 3 rings (SSSR count). The monoisotopic (exact) mass is 302 g/mol. The van der Waals surface area contributed by atoms with Gasteiger partial charge in [-0.1, -0.05) is 37.5 Å². The molecule has 2 aliphatic rings. The molecule has 1 aromatic carbocycles. The van der Waals surface area contributed by atoms with Crippen LogP contribution in [0.4, 0.5) is 5.69 Å². The van der Waals surface area contributed by atoms with E-state index in [9.17, 15) is 9.59 Å². The zero-order chi connectivity index (χ0) is 15.6. The Balaban J connectivity index is 1.92. The Kier molecular flexibility index (Phi) is 4.05. The van der Waals surface area contributed by atoms with Crippen LogP contribution in [0.3, 0.4) is 0 Å². The van der Waals surface area contributed by atoms with E-state index in [1.54, 1.807) is 4.90 Å².